The highest BCUT2D eigenvalue weighted by Crippen LogP contribution is 2.23. The second-order valence-corrected chi connectivity index (χ2v) is 8.25. The van der Waals surface area contributed by atoms with E-state index in [9.17, 15) is 13.2 Å². The fourth-order valence-corrected chi connectivity index (χ4v) is 4.80. The van der Waals surface area contributed by atoms with Crippen LogP contribution in [0.5, 0.6) is 0 Å². The van der Waals surface area contributed by atoms with Gasteiger partial charge in [0.15, 0.2) is 0 Å². The maximum Gasteiger partial charge on any atom is 0.252 e. The van der Waals surface area contributed by atoms with Gasteiger partial charge in [-0.1, -0.05) is 18.6 Å². The highest BCUT2D eigenvalue weighted by molar-refractivity contribution is 7.89. The van der Waals surface area contributed by atoms with E-state index in [0.717, 1.165) is 19.3 Å². The molecule has 0 saturated carbocycles. The number of hydrogen-bond acceptors (Lipinski definition) is 4. The molecule has 1 fully saturated rings. The highest BCUT2D eigenvalue weighted by Gasteiger charge is 2.29. The van der Waals surface area contributed by atoms with E-state index in [4.69, 9.17) is 0 Å². The molecule has 1 aliphatic heterocycles. The van der Waals surface area contributed by atoms with E-state index < -0.39 is 10.0 Å². The Balaban J connectivity index is 1.66. The number of amides is 1. The summed E-state index contributed by atoms with van der Waals surface area (Å²) in [6, 6.07) is 8.28. The predicted octanol–water partition coefficient (Wildman–Crippen LogP) is 1.88. The fourth-order valence-electron chi connectivity index (χ4n) is 3.09. The van der Waals surface area contributed by atoms with Crippen LogP contribution in [0.2, 0.25) is 0 Å². The molecule has 1 aromatic carbocycles. The number of nitrogens with zero attached hydrogens (tertiary/aromatic N) is 3. The average Bonchev–Trinajstić information content (AvgIpc) is 3.19. The standard InChI is InChI=1S/C18H24N4O3S/c23-18(19-10-6-12-21-13-7-11-20-21)16-8-2-3-9-17(16)26(24,25)22-14-4-1-5-15-22/h2-3,7-9,11,13H,1,4-6,10,12,14-15H2,(H,19,23). The van der Waals surface area contributed by atoms with Crippen molar-refractivity contribution in [3.05, 3.63) is 48.3 Å². The number of aromatic nitrogens is 2. The summed E-state index contributed by atoms with van der Waals surface area (Å²) in [6.45, 7) is 2.18. The first-order chi connectivity index (χ1) is 12.6. The molecular formula is C18H24N4O3S. The molecule has 0 spiro atoms. The normalized spacial score (nSPS) is 15.7. The Hall–Kier alpha value is -2.19. The Morgan fingerprint density at radius 1 is 1.12 bits per heavy atom. The Kier molecular flexibility index (Phi) is 6.05. The van der Waals surface area contributed by atoms with Gasteiger partial charge >= 0.3 is 0 Å². The monoisotopic (exact) mass is 376 g/mol. The minimum atomic E-state index is -3.65. The summed E-state index contributed by atoms with van der Waals surface area (Å²) in [5, 5.41) is 6.92. The first-order valence-electron chi connectivity index (χ1n) is 8.94. The minimum absolute atomic E-state index is 0.0893. The van der Waals surface area contributed by atoms with Crippen molar-refractivity contribution >= 4 is 15.9 Å². The van der Waals surface area contributed by atoms with Crippen molar-refractivity contribution < 1.29 is 13.2 Å². The number of carbonyl (C=O) groups excluding carboxylic acids is 1. The molecule has 0 bridgehead atoms. The summed E-state index contributed by atoms with van der Waals surface area (Å²) in [6.07, 6.45) is 7.06. The number of rotatable bonds is 7. The van der Waals surface area contributed by atoms with Gasteiger partial charge in [0.1, 0.15) is 0 Å². The van der Waals surface area contributed by atoms with Crippen LogP contribution in [-0.2, 0) is 16.6 Å². The van der Waals surface area contributed by atoms with E-state index >= 15 is 0 Å². The van der Waals surface area contributed by atoms with Crippen molar-refractivity contribution in [1.29, 1.82) is 0 Å². The maximum atomic E-state index is 12.9. The molecule has 0 unspecified atom stereocenters. The Morgan fingerprint density at radius 3 is 2.62 bits per heavy atom. The summed E-state index contributed by atoms with van der Waals surface area (Å²) in [5.41, 5.74) is 0.206. The second kappa shape index (κ2) is 8.46. The highest BCUT2D eigenvalue weighted by atomic mass is 32.2. The van der Waals surface area contributed by atoms with Crippen molar-refractivity contribution in [2.24, 2.45) is 0 Å². The lowest BCUT2D eigenvalue weighted by atomic mass is 10.2. The quantitative estimate of drug-likeness (QED) is 0.748. The lowest BCUT2D eigenvalue weighted by Gasteiger charge is -2.26. The van der Waals surface area contributed by atoms with E-state index in [1.54, 1.807) is 29.1 Å². The minimum Gasteiger partial charge on any atom is -0.352 e. The number of hydrogen-bond donors (Lipinski definition) is 1. The van der Waals surface area contributed by atoms with Gasteiger partial charge < -0.3 is 5.32 Å². The van der Waals surface area contributed by atoms with Crippen LogP contribution in [0.1, 0.15) is 36.0 Å². The third-order valence-electron chi connectivity index (χ3n) is 4.47. The zero-order valence-electron chi connectivity index (χ0n) is 14.7. The van der Waals surface area contributed by atoms with E-state index in [-0.39, 0.29) is 16.4 Å². The first-order valence-corrected chi connectivity index (χ1v) is 10.4. The van der Waals surface area contributed by atoms with E-state index in [0.29, 0.717) is 32.6 Å². The number of piperidine rings is 1. The molecular weight excluding hydrogens is 352 g/mol. The summed E-state index contributed by atoms with van der Waals surface area (Å²) in [4.78, 5) is 12.6. The van der Waals surface area contributed by atoms with E-state index in [1.165, 1.54) is 10.4 Å². The van der Waals surface area contributed by atoms with Crippen LogP contribution < -0.4 is 5.32 Å². The van der Waals surface area contributed by atoms with Gasteiger partial charge in [0.2, 0.25) is 10.0 Å². The number of nitrogens with one attached hydrogen (secondary N) is 1. The first kappa shape index (κ1) is 18.6. The molecule has 1 N–H and O–H groups in total. The lowest BCUT2D eigenvalue weighted by Crippen LogP contribution is -2.37. The van der Waals surface area contributed by atoms with Gasteiger partial charge in [0.05, 0.1) is 10.5 Å². The topological polar surface area (TPSA) is 84.3 Å². The van der Waals surface area contributed by atoms with E-state index in [2.05, 4.69) is 10.4 Å². The van der Waals surface area contributed by atoms with Crippen molar-refractivity contribution in [3.8, 4) is 0 Å². The molecule has 7 nitrogen and oxygen atoms in total. The van der Waals surface area contributed by atoms with Crippen LogP contribution in [0.3, 0.4) is 0 Å². The molecule has 0 aliphatic carbocycles. The maximum absolute atomic E-state index is 12.9. The lowest BCUT2D eigenvalue weighted by molar-refractivity contribution is 0.0949. The molecule has 26 heavy (non-hydrogen) atoms. The molecule has 140 valence electrons. The Labute approximate surface area is 154 Å². The summed E-state index contributed by atoms with van der Waals surface area (Å²) in [7, 11) is -3.65. The predicted molar refractivity (Wildman–Crippen MR) is 98.2 cm³/mol. The summed E-state index contributed by atoms with van der Waals surface area (Å²) < 4.78 is 29.1. The molecule has 2 aromatic rings. The van der Waals surface area contributed by atoms with Crippen molar-refractivity contribution in [3.63, 3.8) is 0 Å². The molecule has 1 saturated heterocycles. The number of benzene rings is 1. The van der Waals surface area contributed by atoms with Crippen LogP contribution in [0.25, 0.3) is 0 Å². The molecule has 1 aliphatic rings. The van der Waals surface area contributed by atoms with Gasteiger partial charge in [-0.2, -0.15) is 9.40 Å². The third kappa shape index (κ3) is 4.31. The van der Waals surface area contributed by atoms with Crippen molar-refractivity contribution in [2.45, 2.75) is 37.1 Å². The van der Waals surface area contributed by atoms with Crippen LogP contribution >= 0.6 is 0 Å². The zero-order valence-corrected chi connectivity index (χ0v) is 15.5. The van der Waals surface area contributed by atoms with Gasteiger partial charge in [-0.15, -0.1) is 0 Å². The van der Waals surface area contributed by atoms with E-state index in [1.807, 2.05) is 12.3 Å². The molecule has 0 radical (unpaired) electrons. The number of sulfonamides is 1. The molecule has 2 heterocycles. The van der Waals surface area contributed by atoms with Gasteiger partial charge in [-0.05, 0) is 37.5 Å². The van der Waals surface area contributed by atoms with Crippen LogP contribution in [0.15, 0.2) is 47.6 Å². The Morgan fingerprint density at radius 2 is 1.88 bits per heavy atom. The number of aryl methyl sites for hydroxylation is 1. The van der Waals surface area contributed by atoms with Gasteiger partial charge in [-0.25, -0.2) is 8.42 Å². The molecule has 1 amide bonds. The largest absolute Gasteiger partial charge is 0.352 e. The second-order valence-electron chi connectivity index (χ2n) is 6.34. The average molecular weight is 376 g/mol. The molecule has 1 aromatic heterocycles. The van der Waals surface area contributed by atoms with Crippen molar-refractivity contribution in [1.82, 2.24) is 19.4 Å². The molecule has 8 heteroatoms. The summed E-state index contributed by atoms with van der Waals surface area (Å²) >= 11 is 0. The SMILES string of the molecule is O=C(NCCCn1cccn1)c1ccccc1S(=O)(=O)N1CCCCC1. The summed E-state index contributed by atoms with van der Waals surface area (Å²) in [5.74, 6) is -0.360. The molecule has 3 rings (SSSR count). The van der Waals surface area contributed by atoms with Gasteiger partial charge in [0, 0.05) is 38.6 Å². The smallest absolute Gasteiger partial charge is 0.252 e. The number of carbonyl (C=O) groups is 1. The van der Waals surface area contributed by atoms with Gasteiger partial charge in [0.25, 0.3) is 5.91 Å². The van der Waals surface area contributed by atoms with Crippen LogP contribution in [0, 0.1) is 0 Å². The molecule has 0 atom stereocenters. The van der Waals surface area contributed by atoms with Crippen LogP contribution in [0.4, 0.5) is 0 Å². The fraction of sp³-hybridized carbons (Fsp3) is 0.444. The van der Waals surface area contributed by atoms with Crippen LogP contribution in [-0.4, -0.2) is 48.0 Å². The zero-order chi connectivity index (χ0) is 18.4. The Bertz CT molecular complexity index is 828. The third-order valence-corrected chi connectivity index (χ3v) is 6.43. The van der Waals surface area contributed by atoms with Crippen molar-refractivity contribution in [2.75, 3.05) is 19.6 Å². The van der Waals surface area contributed by atoms with Gasteiger partial charge in [-0.3, -0.25) is 9.48 Å².